The third-order valence-electron chi connectivity index (χ3n) is 3.86. The third-order valence-corrected chi connectivity index (χ3v) is 4.19. The first kappa shape index (κ1) is 17.6. The molecule has 0 aliphatic heterocycles. The molecule has 126 valence electrons. The molecule has 1 aliphatic carbocycles. The third kappa shape index (κ3) is 3.61. The zero-order chi connectivity index (χ0) is 17.1. The van der Waals surface area contributed by atoms with Crippen molar-refractivity contribution >= 4 is 23.4 Å². The second-order valence-corrected chi connectivity index (χ2v) is 5.86. The molecule has 0 bridgehead atoms. The van der Waals surface area contributed by atoms with Gasteiger partial charge >= 0.3 is 5.92 Å². The minimum Gasteiger partial charge on any atom is -0.383 e. The van der Waals surface area contributed by atoms with Crippen LogP contribution in [0.3, 0.4) is 0 Å². The topological polar surface area (TPSA) is 78.4 Å². The van der Waals surface area contributed by atoms with Gasteiger partial charge in [-0.2, -0.15) is 8.78 Å². The Bertz CT molecular complexity index is 606. The van der Waals surface area contributed by atoms with Crippen molar-refractivity contribution in [1.29, 1.82) is 0 Å². The van der Waals surface area contributed by atoms with Crippen molar-refractivity contribution < 1.29 is 23.5 Å². The van der Waals surface area contributed by atoms with E-state index in [9.17, 15) is 23.5 Å². The van der Waals surface area contributed by atoms with Crippen LogP contribution in [0.25, 0.3) is 0 Å². The molecule has 3 N–H and O–H groups in total. The first-order valence-corrected chi connectivity index (χ1v) is 7.57. The minimum atomic E-state index is -3.84. The molecule has 1 aliphatic rings. The Morgan fingerprint density at radius 1 is 1.22 bits per heavy atom. The van der Waals surface area contributed by atoms with Crippen molar-refractivity contribution in [2.45, 2.75) is 30.8 Å². The van der Waals surface area contributed by atoms with Gasteiger partial charge in [0.1, 0.15) is 5.60 Å². The highest BCUT2D eigenvalue weighted by molar-refractivity contribution is 6.33. The van der Waals surface area contributed by atoms with E-state index in [1.54, 1.807) is 18.2 Å². The van der Waals surface area contributed by atoms with Crippen LogP contribution in [0.15, 0.2) is 24.3 Å². The predicted octanol–water partition coefficient (Wildman–Crippen LogP) is 1.74. The number of carbonyl (C=O) groups is 2. The van der Waals surface area contributed by atoms with Gasteiger partial charge in [-0.1, -0.05) is 23.7 Å². The van der Waals surface area contributed by atoms with Gasteiger partial charge in [-0.25, -0.2) is 0 Å². The quantitative estimate of drug-likeness (QED) is 0.686. The molecule has 0 saturated heterocycles. The molecule has 1 fully saturated rings. The average molecular weight is 347 g/mol. The van der Waals surface area contributed by atoms with E-state index in [-0.39, 0.29) is 36.5 Å². The lowest BCUT2D eigenvalue weighted by Crippen LogP contribution is -2.61. The summed E-state index contributed by atoms with van der Waals surface area (Å²) in [5, 5.41) is 14.4. The summed E-state index contributed by atoms with van der Waals surface area (Å²) in [6, 6.07) is 6.39. The lowest BCUT2D eigenvalue weighted by molar-refractivity contribution is -0.215. The van der Waals surface area contributed by atoms with Gasteiger partial charge in [-0.3, -0.25) is 9.59 Å². The fourth-order valence-electron chi connectivity index (χ4n) is 2.24. The Labute approximate surface area is 137 Å². The predicted molar refractivity (Wildman–Crippen MR) is 80.5 cm³/mol. The molecule has 0 aromatic heterocycles. The smallest absolute Gasteiger partial charge is 0.352 e. The lowest BCUT2D eigenvalue weighted by Gasteiger charge is -2.41. The Kier molecular flexibility index (Phi) is 5.21. The molecule has 1 aromatic carbocycles. The highest BCUT2D eigenvalue weighted by atomic mass is 35.5. The summed E-state index contributed by atoms with van der Waals surface area (Å²) < 4.78 is 27.6. The molecule has 1 aromatic rings. The molecule has 0 atom stereocenters. The number of aliphatic hydroxyl groups is 1. The first-order chi connectivity index (χ1) is 10.8. The number of alkyl halides is 2. The van der Waals surface area contributed by atoms with Gasteiger partial charge in [-0.05, 0) is 31.4 Å². The molecule has 0 unspecified atom stereocenters. The Morgan fingerprint density at radius 3 is 2.39 bits per heavy atom. The van der Waals surface area contributed by atoms with Crippen molar-refractivity contribution in [2.24, 2.45) is 0 Å². The number of carbonyl (C=O) groups excluding carboxylic acids is 2. The zero-order valence-corrected chi connectivity index (χ0v) is 13.0. The largest absolute Gasteiger partial charge is 0.383 e. The molecule has 1 saturated carbocycles. The van der Waals surface area contributed by atoms with Gasteiger partial charge in [0.25, 0.3) is 11.8 Å². The van der Waals surface area contributed by atoms with Gasteiger partial charge in [0.2, 0.25) is 0 Å². The highest BCUT2D eigenvalue weighted by Gasteiger charge is 2.60. The fourth-order valence-corrected chi connectivity index (χ4v) is 2.46. The molecule has 2 rings (SSSR count). The molecule has 2 amide bonds. The van der Waals surface area contributed by atoms with Crippen LogP contribution < -0.4 is 10.6 Å². The normalized spacial score (nSPS) is 16.3. The summed E-state index contributed by atoms with van der Waals surface area (Å²) in [7, 11) is 0. The van der Waals surface area contributed by atoms with Gasteiger partial charge in [0, 0.05) is 13.1 Å². The van der Waals surface area contributed by atoms with Gasteiger partial charge in [0.05, 0.1) is 10.6 Å². The second-order valence-electron chi connectivity index (χ2n) is 5.45. The average Bonchev–Trinajstić information content (AvgIpc) is 2.48. The van der Waals surface area contributed by atoms with Gasteiger partial charge < -0.3 is 15.7 Å². The number of hydrogen-bond acceptors (Lipinski definition) is 3. The standard InChI is InChI=1S/C15H17ClF2N2O3/c16-11-5-2-1-4-10(11)12(21)19-8-9-20-13(22)15(17,18)14(23)6-3-7-14/h1-2,4-5,23H,3,6-9H2,(H,19,21)(H,20,22). The van der Waals surface area contributed by atoms with Crippen LogP contribution in [0, 0.1) is 0 Å². The number of halogens is 3. The van der Waals surface area contributed by atoms with Crippen LogP contribution in [0.5, 0.6) is 0 Å². The maximum atomic E-state index is 13.8. The lowest BCUT2D eigenvalue weighted by atomic mass is 9.75. The molecular weight excluding hydrogens is 330 g/mol. The van der Waals surface area contributed by atoms with Crippen LogP contribution in [0.1, 0.15) is 29.6 Å². The summed E-state index contributed by atoms with van der Waals surface area (Å²) in [6.07, 6.45) is 0.264. The number of benzene rings is 1. The summed E-state index contributed by atoms with van der Waals surface area (Å²) >= 11 is 5.86. The zero-order valence-electron chi connectivity index (χ0n) is 12.2. The molecule has 23 heavy (non-hydrogen) atoms. The van der Waals surface area contributed by atoms with Crippen molar-refractivity contribution in [3.63, 3.8) is 0 Å². The molecule has 5 nitrogen and oxygen atoms in total. The van der Waals surface area contributed by atoms with E-state index < -0.39 is 23.3 Å². The molecule has 8 heteroatoms. The second kappa shape index (κ2) is 6.80. The van der Waals surface area contributed by atoms with Crippen molar-refractivity contribution in [3.05, 3.63) is 34.9 Å². The van der Waals surface area contributed by atoms with Crippen molar-refractivity contribution in [2.75, 3.05) is 13.1 Å². The molecular formula is C15H17ClF2N2O3. The maximum absolute atomic E-state index is 13.8. The summed E-state index contributed by atoms with van der Waals surface area (Å²) in [5.74, 6) is -5.83. The Morgan fingerprint density at radius 2 is 1.83 bits per heavy atom. The van der Waals surface area contributed by atoms with E-state index in [1.165, 1.54) is 6.07 Å². The molecule has 0 radical (unpaired) electrons. The van der Waals surface area contributed by atoms with Crippen molar-refractivity contribution in [1.82, 2.24) is 10.6 Å². The van der Waals surface area contributed by atoms with E-state index >= 15 is 0 Å². The number of nitrogens with one attached hydrogen (secondary N) is 2. The van der Waals surface area contributed by atoms with Crippen LogP contribution in [-0.2, 0) is 4.79 Å². The summed E-state index contributed by atoms with van der Waals surface area (Å²) in [4.78, 5) is 23.3. The van der Waals surface area contributed by atoms with E-state index in [0.29, 0.717) is 6.42 Å². The van der Waals surface area contributed by atoms with E-state index in [1.807, 2.05) is 5.32 Å². The van der Waals surface area contributed by atoms with E-state index in [2.05, 4.69) is 5.32 Å². The SMILES string of the molecule is O=C(NCCNC(=O)C(F)(F)C1(O)CCC1)c1ccccc1Cl. The van der Waals surface area contributed by atoms with Crippen LogP contribution >= 0.6 is 11.6 Å². The van der Waals surface area contributed by atoms with Crippen LogP contribution in [0.4, 0.5) is 8.78 Å². The van der Waals surface area contributed by atoms with Crippen LogP contribution in [-0.4, -0.2) is 41.5 Å². The molecule has 0 heterocycles. The van der Waals surface area contributed by atoms with E-state index in [0.717, 1.165) is 0 Å². The number of rotatable bonds is 6. The van der Waals surface area contributed by atoms with E-state index in [4.69, 9.17) is 11.6 Å². The summed E-state index contributed by atoms with van der Waals surface area (Å²) in [5.41, 5.74) is -1.99. The Balaban J connectivity index is 1.78. The monoisotopic (exact) mass is 346 g/mol. The number of hydrogen-bond donors (Lipinski definition) is 3. The molecule has 0 spiro atoms. The fraction of sp³-hybridized carbons (Fsp3) is 0.467. The Hall–Kier alpha value is -1.73. The first-order valence-electron chi connectivity index (χ1n) is 7.19. The van der Waals surface area contributed by atoms with Gasteiger partial charge in [0.15, 0.2) is 0 Å². The number of amides is 2. The summed E-state index contributed by atoms with van der Waals surface area (Å²) in [6.45, 7) is -0.217. The highest BCUT2D eigenvalue weighted by Crippen LogP contribution is 2.44. The minimum absolute atomic E-state index is 0.0374. The van der Waals surface area contributed by atoms with Gasteiger partial charge in [-0.15, -0.1) is 0 Å². The maximum Gasteiger partial charge on any atom is 0.352 e. The van der Waals surface area contributed by atoms with Crippen molar-refractivity contribution in [3.8, 4) is 0 Å². The van der Waals surface area contributed by atoms with Crippen LogP contribution in [0.2, 0.25) is 5.02 Å².